The Bertz CT molecular complexity index is 897. The van der Waals surface area contributed by atoms with Gasteiger partial charge in [-0.2, -0.15) is 0 Å². The fourth-order valence-electron chi connectivity index (χ4n) is 3.15. The van der Waals surface area contributed by atoms with Crippen molar-refractivity contribution in [1.82, 2.24) is 5.32 Å². The van der Waals surface area contributed by atoms with E-state index in [0.717, 1.165) is 28.0 Å². The molecule has 162 valence electrons. The summed E-state index contributed by atoms with van der Waals surface area (Å²) in [5.41, 5.74) is 3.80. The lowest BCUT2D eigenvalue weighted by atomic mass is 10.0. The molecular weight excluding hydrogens is 386 g/mol. The number of benzene rings is 2. The number of amides is 1. The van der Waals surface area contributed by atoms with Crippen molar-refractivity contribution >= 4 is 11.7 Å². The standard InChI is InChI=1S/C23H29NO6/c1-14-9-17(12-19(27-3)15(14)2)13-24-23(26)18(25)8-7-16-10-20(28-4)22(30-6)21(11-16)29-5/h9-12H,7-8,13H2,1-6H3,(H,24,26). The predicted molar refractivity (Wildman–Crippen MR) is 114 cm³/mol. The van der Waals surface area contributed by atoms with Crippen molar-refractivity contribution in [3.05, 3.63) is 46.5 Å². The van der Waals surface area contributed by atoms with Crippen LogP contribution in [0.1, 0.15) is 28.7 Å². The summed E-state index contributed by atoms with van der Waals surface area (Å²) < 4.78 is 21.3. The minimum absolute atomic E-state index is 0.0702. The summed E-state index contributed by atoms with van der Waals surface area (Å²) >= 11 is 0. The molecule has 7 nitrogen and oxygen atoms in total. The number of hydrogen-bond donors (Lipinski definition) is 1. The van der Waals surface area contributed by atoms with Crippen LogP contribution in [-0.4, -0.2) is 40.1 Å². The Kier molecular flexibility index (Phi) is 8.09. The first-order valence-corrected chi connectivity index (χ1v) is 9.58. The maximum atomic E-state index is 12.3. The van der Waals surface area contributed by atoms with Gasteiger partial charge >= 0.3 is 0 Å². The summed E-state index contributed by atoms with van der Waals surface area (Å²) in [6.07, 6.45) is 0.446. The van der Waals surface area contributed by atoms with Crippen LogP contribution >= 0.6 is 0 Å². The van der Waals surface area contributed by atoms with Crippen LogP contribution in [0.15, 0.2) is 24.3 Å². The van der Waals surface area contributed by atoms with E-state index in [-0.39, 0.29) is 13.0 Å². The second-order valence-corrected chi connectivity index (χ2v) is 6.88. The molecule has 2 aromatic rings. The Morgan fingerprint density at radius 2 is 1.37 bits per heavy atom. The first-order valence-electron chi connectivity index (χ1n) is 9.58. The third kappa shape index (κ3) is 5.43. The highest BCUT2D eigenvalue weighted by molar-refractivity contribution is 6.36. The molecule has 2 aromatic carbocycles. The van der Waals surface area contributed by atoms with E-state index in [0.29, 0.717) is 23.7 Å². The van der Waals surface area contributed by atoms with E-state index in [1.807, 2.05) is 26.0 Å². The number of methoxy groups -OCH3 is 4. The third-order valence-electron chi connectivity index (χ3n) is 4.97. The van der Waals surface area contributed by atoms with E-state index in [4.69, 9.17) is 18.9 Å². The van der Waals surface area contributed by atoms with E-state index in [9.17, 15) is 9.59 Å². The largest absolute Gasteiger partial charge is 0.496 e. The molecule has 0 unspecified atom stereocenters. The number of hydrogen-bond acceptors (Lipinski definition) is 6. The van der Waals surface area contributed by atoms with Crippen LogP contribution < -0.4 is 24.3 Å². The molecule has 30 heavy (non-hydrogen) atoms. The van der Waals surface area contributed by atoms with E-state index in [2.05, 4.69) is 5.32 Å². The lowest BCUT2D eigenvalue weighted by Gasteiger charge is -2.14. The molecule has 0 saturated heterocycles. The average Bonchev–Trinajstić information content (AvgIpc) is 2.76. The van der Waals surface area contributed by atoms with E-state index in [1.165, 1.54) is 21.3 Å². The Labute approximate surface area is 177 Å². The van der Waals surface area contributed by atoms with Gasteiger partial charge in [0.1, 0.15) is 5.75 Å². The van der Waals surface area contributed by atoms with E-state index >= 15 is 0 Å². The van der Waals surface area contributed by atoms with Crippen molar-refractivity contribution < 1.29 is 28.5 Å². The minimum atomic E-state index is -0.611. The van der Waals surface area contributed by atoms with Crippen LogP contribution in [0.3, 0.4) is 0 Å². The zero-order valence-corrected chi connectivity index (χ0v) is 18.4. The highest BCUT2D eigenvalue weighted by atomic mass is 16.5. The molecule has 0 atom stereocenters. The molecule has 0 saturated carbocycles. The molecule has 0 fully saturated rings. The van der Waals surface area contributed by atoms with Gasteiger partial charge in [0.05, 0.1) is 28.4 Å². The van der Waals surface area contributed by atoms with Gasteiger partial charge in [-0.05, 0) is 60.7 Å². The second kappa shape index (κ2) is 10.5. The minimum Gasteiger partial charge on any atom is -0.496 e. The van der Waals surface area contributed by atoms with Crippen LogP contribution in [-0.2, 0) is 22.6 Å². The molecule has 0 heterocycles. The fourth-order valence-corrected chi connectivity index (χ4v) is 3.15. The molecule has 7 heteroatoms. The molecule has 0 aromatic heterocycles. The van der Waals surface area contributed by atoms with Gasteiger partial charge in [-0.1, -0.05) is 6.07 Å². The van der Waals surface area contributed by atoms with Crippen LogP contribution in [0.25, 0.3) is 0 Å². The molecule has 0 aliphatic heterocycles. The Balaban J connectivity index is 1.99. The Morgan fingerprint density at radius 3 is 1.90 bits per heavy atom. The van der Waals surface area contributed by atoms with Gasteiger partial charge in [-0.3, -0.25) is 9.59 Å². The molecule has 0 bridgehead atoms. The van der Waals surface area contributed by atoms with Gasteiger partial charge in [0, 0.05) is 13.0 Å². The molecule has 1 amide bonds. The number of carbonyl (C=O) groups is 2. The van der Waals surface area contributed by atoms with Crippen molar-refractivity contribution in [3.63, 3.8) is 0 Å². The quantitative estimate of drug-likeness (QED) is 0.600. The van der Waals surface area contributed by atoms with Gasteiger partial charge in [0.25, 0.3) is 5.91 Å². The van der Waals surface area contributed by atoms with Crippen molar-refractivity contribution in [1.29, 1.82) is 0 Å². The number of rotatable bonds is 10. The maximum Gasteiger partial charge on any atom is 0.287 e. The smallest absolute Gasteiger partial charge is 0.287 e. The summed E-state index contributed by atoms with van der Waals surface area (Å²) in [4.78, 5) is 24.5. The maximum absolute atomic E-state index is 12.3. The lowest BCUT2D eigenvalue weighted by Crippen LogP contribution is -2.30. The van der Waals surface area contributed by atoms with Crippen LogP contribution in [0.4, 0.5) is 0 Å². The molecular formula is C23H29NO6. The number of carbonyl (C=O) groups excluding carboxylic acids is 2. The molecule has 2 rings (SSSR count). The van der Waals surface area contributed by atoms with Gasteiger partial charge in [0.15, 0.2) is 11.5 Å². The van der Waals surface area contributed by atoms with Gasteiger partial charge in [-0.15, -0.1) is 0 Å². The topological polar surface area (TPSA) is 83.1 Å². The third-order valence-corrected chi connectivity index (χ3v) is 4.97. The van der Waals surface area contributed by atoms with Crippen molar-refractivity contribution in [2.24, 2.45) is 0 Å². The van der Waals surface area contributed by atoms with Gasteiger partial charge < -0.3 is 24.3 Å². The average molecular weight is 415 g/mol. The lowest BCUT2D eigenvalue weighted by molar-refractivity contribution is -0.138. The first kappa shape index (κ1) is 23.1. The summed E-state index contributed by atoms with van der Waals surface area (Å²) in [5.74, 6) is 1.16. The molecule has 0 spiro atoms. The number of ether oxygens (including phenoxy) is 4. The highest BCUT2D eigenvalue weighted by Gasteiger charge is 2.17. The number of nitrogens with one attached hydrogen (secondary N) is 1. The summed E-state index contributed by atoms with van der Waals surface area (Å²) in [6, 6.07) is 7.38. The van der Waals surface area contributed by atoms with Crippen LogP contribution in [0.5, 0.6) is 23.0 Å². The molecule has 0 aliphatic rings. The number of Topliss-reactive ketones (excluding diaryl/α,β-unsaturated/α-hetero) is 1. The van der Waals surface area contributed by atoms with Gasteiger partial charge in [0.2, 0.25) is 11.5 Å². The van der Waals surface area contributed by atoms with Crippen LogP contribution in [0, 0.1) is 13.8 Å². The Morgan fingerprint density at radius 1 is 0.800 bits per heavy atom. The summed E-state index contributed by atoms with van der Waals surface area (Å²) in [6.45, 7) is 4.21. The van der Waals surface area contributed by atoms with Crippen molar-refractivity contribution in [2.75, 3.05) is 28.4 Å². The normalized spacial score (nSPS) is 10.3. The highest BCUT2D eigenvalue weighted by Crippen LogP contribution is 2.38. The van der Waals surface area contributed by atoms with Crippen molar-refractivity contribution in [2.45, 2.75) is 33.2 Å². The van der Waals surface area contributed by atoms with E-state index < -0.39 is 11.7 Å². The molecule has 0 aliphatic carbocycles. The Hall–Kier alpha value is -3.22. The summed E-state index contributed by atoms with van der Waals surface area (Å²) in [7, 11) is 6.19. The zero-order chi connectivity index (χ0) is 22.3. The number of ketones is 1. The predicted octanol–water partition coefficient (Wildman–Crippen LogP) is 3.16. The van der Waals surface area contributed by atoms with E-state index in [1.54, 1.807) is 19.2 Å². The van der Waals surface area contributed by atoms with Gasteiger partial charge in [-0.25, -0.2) is 0 Å². The van der Waals surface area contributed by atoms with Crippen LogP contribution in [0.2, 0.25) is 0 Å². The fraction of sp³-hybridized carbons (Fsp3) is 0.391. The first-order chi connectivity index (χ1) is 14.3. The summed E-state index contributed by atoms with van der Waals surface area (Å²) in [5, 5.41) is 2.68. The number of aryl methyl sites for hydroxylation is 2. The van der Waals surface area contributed by atoms with Crippen molar-refractivity contribution in [3.8, 4) is 23.0 Å². The zero-order valence-electron chi connectivity index (χ0n) is 18.4. The second-order valence-electron chi connectivity index (χ2n) is 6.88. The molecule has 1 N–H and O–H groups in total. The monoisotopic (exact) mass is 415 g/mol. The molecule has 0 radical (unpaired) electrons. The SMILES string of the molecule is COc1cc(CNC(=O)C(=O)CCc2cc(OC)c(OC)c(OC)c2)cc(C)c1C.